The smallest absolute Gasteiger partial charge is 0.0240 e. The van der Waals surface area contributed by atoms with Gasteiger partial charge in [0.15, 0.2) is 0 Å². The molecule has 1 aromatic carbocycles. The standard InChI is InChI=1S/C17H26N2/c1-2-5-17(12-18-16-8-9-16)19-11-10-14-6-3-4-7-15(14)13-19/h3-4,6-7,16-18H,2,5,8-13H2,1H3. The first-order chi connectivity index (χ1) is 9.36. The highest BCUT2D eigenvalue weighted by Crippen LogP contribution is 2.23. The molecule has 2 aliphatic rings. The van der Waals surface area contributed by atoms with Gasteiger partial charge in [-0.3, -0.25) is 4.90 Å². The van der Waals surface area contributed by atoms with Gasteiger partial charge in [-0.15, -0.1) is 0 Å². The molecule has 1 aliphatic carbocycles. The van der Waals surface area contributed by atoms with Gasteiger partial charge in [-0.2, -0.15) is 0 Å². The third-order valence-corrected chi connectivity index (χ3v) is 4.52. The van der Waals surface area contributed by atoms with Gasteiger partial charge in [-0.1, -0.05) is 37.6 Å². The third kappa shape index (κ3) is 3.37. The molecule has 0 saturated heterocycles. The normalized spacial score (nSPS) is 21.1. The van der Waals surface area contributed by atoms with Gasteiger partial charge < -0.3 is 5.32 Å². The van der Waals surface area contributed by atoms with E-state index in [1.165, 1.54) is 45.2 Å². The van der Waals surface area contributed by atoms with Crippen molar-refractivity contribution in [3.63, 3.8) is 0 Å². The molecule has 3 rings (SSSR count). The number of rotatable bonds is 6. The molecule has 1 saturated carbocycles. The summed E-state index contributed by atoms with van der Waals surface area (Å²) in [6.07, 6.45) is 6.61. The van der Waals surface area contributed by atoms with Gasteiger partial charge in [0.2, 0.25) is 0 Å². The number of fused-ring (bicyclic) bond motifs is 1. The average molecular weight is 258 g/mol. The molecule has 1 heterocycles. The van der Waals surface area contributed by atoms with Crippen molar-refractivity contribution < 1.29 is 0 Å². The zero-order chi connectivity index (χ0) is 13.1. The first-order valence-corrected chi connectivity index (χ1v) is 7.91. The van der Waals surface area contributed by atoms with Gasteiger partial charge in [0.25, 0.3) is 0 Å². The fourth-order valence-corrected chi connectivity index (χ4v) is 3.17. The lowest BCUT2D eigenvalue weighted by Crippen LogP contribution is -2.45. The molecule has 104 valence electrons. The molecule has 1 fully saturated rings. The van der Waals surface area contributed by atoms with E-state index in [4.69, 9.17) is 0 Å². The highest BCUT2D eigenvalue weighted by atomic mass is 15.2. The quantitative estimate of drug-likeness (QED) is 0.844. The molecule has 0 amide bonds. The van der Waals surface area contributed by atoms with Crippen LogP contribution >= 0.6 is 0 Å². The molecular weight excluding hydrogens is 232 g/mol. The summed E-state index contributed by atoms with van der Waals surface area (Å²) in [7, 11) is 0. The maximum absolute atomic E-state index is 3.72. The van der Waals surface area contributed by atoms with Crippen LogP contribution in [0.5, 0.6) is 0 Å². The number of hydrogen-bond donors (Lipinski definition) is 1. The van der Waals surface area contributed by atoms with E-state index in [1.807, 2.05) is 0 Å². The Morgan fingerprint density at radius 1 is 1.26 bits per heavy atom. The van der Waals surface area contributed by atoms with Crippen LogP contribution in [-0.2, 0) is 13.0 Å². The van der Waals surface area contributed by atoms with Crippen molar-refractivity contribution in [2.24, 2.45) is 0 Å². The fraction of sp³-hybridized carbons (Fsp3) is 0.647. The van der Waals surface area contributed by atoms with Crippen molar-refractivity contribution >= 4 is 0 Å². The van der Waals surface area contributed by atoms with Crippen molar-refractivity contribution in [1.29, 1.82) is 0 Å². The van der Waals surface area contributed by atoms with Crippen LogP contribution in [0.4, 0.5) is 0 Å². The van der Waals surface area contributed by atoms with Crippen molar-refractivity contribution in [2.75, 3.05) is 13.1 Å². The summed E-state index contributed by atoms with van der Waals surface area (Å²) in [4.78, 5) is 2.70. The Kier molecular flexibility index (Phi) is 4.19. The zero-order valence-corrected chi connectivity index (χ0v) is 12.1. The highest BCUT2D eigenvalue weighted by Gasteiger charge is 2.26. The predicted molar refractivity (Wildman–Crippen MR) is 80.3 cm³/mol. The van der Waals surface area contributed by atoms with Crippen LogP contribution in [0.3, 0.4) is 0 Å². The predicted octanol–water partition coefficient (Wildman–Crippen LogP) is 2.97. The van der Waals surface area contributed by atoms with Gasteiger partial charge in [0.05, 0.1) is 0 Å². The van der Waals surface area contributed by atoms with Crippen LogP contribution in [0, 0.1) is 0 Å². The van der Waals surface area contributed by atoms with Crippen LogP contribution in [0.25, 0.3) is 0 Å². The lowest BCUT2D eigenvalue weighted by atomic mass is 9.97. The molecule has 19 heavy (non-hydrogen) atoms. The Labute approximate surface area is 117 Å². The molecule has 1 aromatic rings. The van der Waals surface area contributed by atoms with E-state index in [0.717, 1.165) is 18.6 Å². The van der Waals surface area contributed by atoms with E-state index >= 15 is 0 Å². The van der Waals surface area contributed by atoms with E-state index in [-0.39, 0.29) is 0 Å². The van der Waals surface area contributed by atoms with E-state index in [1.54, 1.807) is 11.1 Å². The molecule has 2 heteroatoms. The van der Waals surface area contributed by atoms with Gasteiger partial charge in [-0.05, 0) is 36.8 Å². The summed E-state index contributed by atoms with van der Waals surface area (Å²) < 4.78 is 0. The second-order valence-electron chi connectivity index (χ2n) is 6.11. The monoisotopic (exact) mass is 258 g/mol. The zero-order valence-electron chi connectivity index (χ0n) is 12.1. The molecule has 1 N–H and O–H groups in total. The molecule has 1 aliphatic heterocycles. The van der Waals surface area contributed by atoms with Gasteiger partial charge in [-0.25, -0.2) is 0 Å². The van der Waals surface area contributed by atoms with E-state index < -0.39 is 0 Å². The summed E-state index contributed by atoms with van der Waals surface area (Å²) in [5.74, 6) is 0. The second-order valence-corrected chi connectivity index (χ2v) is 6.11. The Morgan fingerprint density at radius 2 is 2.05 bits per heavy atom. The highest BCUT2D eigenvalue weighted by molar-refractivity contribution is 5.29. The Morgan fingerprint density at radius 3 is 2.79 bits per heavy atom. The average Bonchev–Trinajstić information content (AvgIpc) is 3.27. The van der Waals surface area contributed by atoms with Crippen LogP contribution in [-0.4, -0.2) is 30.1 Å². The van der Waals surface area contributed by atoms with E-state index in [2.05, 4.69) is 41.4 Å². The first-order valence-electron chi connectivity index (χ1n) is 7.91. The van der Waals surface area contributed by atoms with Gasteiger partial charge >= 0.3 is 0 Å². The van der Waals surface area contributed by atoms with Crippen LogP contribution in [0.15, 0.2) is 24.3 Å². The summed E-state index contributed by atoms with van der Waals surface area (Å²) in [5.41, 5.74) is 3.10. The first kappa shape index (κ1) is 13.1. The SMILES string of the molecule is CCCC(CNC1CC1)N1CCc2ccccc2C1. The molecule has 0 spiro atoms. The van der Waals surface area contributed by atoms with Gasteiger partial charge in [0.1, 0.15) is 0 Å². The number of benzene rings is 1. The Hall–Kier alpha value is -0.860. The maximum atomic E-state index is 3.72. The van der Waals surface area contributed by atoms with Crippen LogP contribution < -0.4 is 5.32 Å². The summed E-state index contributed by atoms with van der Waals surface area (Å²) in [6, 6.07) is 10.5. The molecule has 0 radical (unpaired) electrons. The summed E-state index contributed by atoms with van der Waals surface area (Å²) >= 11 is 0. The van der Waals surface area contributed by atoms with Crippen LogP contribution in [0.1, 0.15) is 43.7 Å². The second kappa shape index (κ2) is 6.06. The minimum absolute atomic E-state index is 0.721. The fourth-order valence-electron chi connectivity index (χ4n) is 3.17. The third-order valence-electron chi connectivity index (χ3n) is 4.52. The Balaban J connectivity index is 1.62. The van der Waals surface area contributed by atoms with Crippen molar-refractivity contribution in [2.45, 2.75) is 57.7 Å². The molecular formula is C17H26N2. The summed E-state index contributed by atoms with van der Waals surface area (Å²) in [5, 5.41) is 3.72. The lowest BCUT2D eigenvalue weighted by molar-refractivity contribution is 0.164. The molecule has 1 unspecified atom stereocenters. The van der Waals surface area contributed by atoms with Crippen molar-refractivity contribution in [3.8, 4) is 0 Å². The number of nitrogens with one attached hydrogen (secondary N) is 1. The molecule has 1 atom stereocenters. The van der Waals surface area contributed by atoms with E-state index in [9.17, 15) is 0 Å². The molecule has 0 aromatic heterocycles. The molecule has 0 bridgehead atoms. The number of nitrogens with zero attached hydrogens (tertiary/aromatic N) is 1. The van der Waals surface area contributed by atoms with Gasteiger partial charge in [0, 0.05) is 31.7 Å². The number of hydrogen-bond acceptors (Lipinski definition) is 2. The topological polar surface area (TPSA) is 15.3 Å². The largest absolute Gasteiger partial charge is 0.312 e. The lowest BCUT2D eigenvalue weighted by Gasteiger charge is -2.36. The van der Waals surface area contributed by atoms with Crippen molar-refractivity contribution in [3.05, 3.63) is 35.4 Å². The minimum atomic E-state index is 0.721. The van der Waals surface area contributed by atoms with E-state index in [0.29, 0.717) is 0 Å². The van der Waals surface area contributed by atoms with Crippen LogP contribution in [0.2, 0.25) is 0 Å². The minimum Gasteiger partial charge on any atom is -0.312 e. The maximum Gasteiger partial charge on any atom is 0.0240 e. The summed E-state index contributed by atoms with van der Waals surface area (Å²) in [6.45, 7) is 5.86. The molecule has 2 nitrogen and oxygen atoms in total. The van der Waals surface area contributed by atoms with Crippen molar-refractivity contribution in [1.82, 2.24) is 10.2 Å². The Bertz CT molecular complexity index is 411.